The lowest BCUT2D eigenvalue weighted by molar-refractivity contribution is -0.111. The topological polar surface area (TPSA) is 135 Å². The monoisotopic (exact) mass is 440 g/mol. The molecule has 1 aromatic heterocycles. The van der Waals surface area contributed by atoms with Gasteiger partial charge < -0.3 is 20.8 Å². The molecule has 8 nitrogen and oxygen atoms in total. The number of carbonyl (C=O) groups excluding carboxylic acids is 1. The normalized spacial score (nSPS) is 13.8. The van der Waals surface area contributed by atoms with Crippen LogP contribution < -0.4 is 10.6 Å². The van der Waals surface area contributed by atoms with Crippen LogP contribution in [0.5, 0.6) is 0 Å². The second-order valence-corrected chi connectivity index (χ2v) is 6.98. The first-order chi connectivity index (χ1) is 16.1. The van der Waals surface area contributed by atoms with Crippen molar-refractivity contribution in [3.8, 4) is 0 Å². The van der Waals surface area contributed by atoms with Crippen LogP contribution in [0.25, 0.3) is 11.6 Å². The van der Waals surface area contributed by atoms with Crippen LogP contribution in [0.15, 0.2) is 78.9 Å². The maximum atomic E-state index is 12.4. The number of dihydropyridines is 1. The maximum absolute atomic E-state index is 12.4. The Balaban J connectivity index is 1.66. The number of pyridine rings is 1. The van der Waals surface area contributed by atoms with Crippen LogP contribution in [0, 0.1) is 16.2 Å². The van der Waals surface area contributed by atoms with Gasteiger partial charge in [0.1, 0.15) is 0 Å². The summed E-state index contributed by atoms with van der Waals surface area (Å²) in [5.74, 6) is -0.253. The summed E-state index contributed by atoms with van der Waals surface area (Å²) in [6.45, 7) is 0. The number of hydrogen-bond donors (Lipinski definition) is 5. The Labute approximate surface area is 191 Å². The number of anilines is 1. The summed E-state index contributed by atoms with van der Waals surface area (Å²) in [6, 6.07) is 9.15. The number of aryl methyl sites for hydroxylation is 1. The quantitative estimate of drug-likeness (QED) is 0.226. The first-order valence-corrected chi connectivity index (χ1v) is 10.2. The molecule has 0 radical (unpaired) electrons. The van der Waals surface area contributed by atoms with Crippen molar-refractivity contribution in [3.63, 3.8) is 0 Å². The summed E-state index contributed by atoms with van der Waals surface area (Å²) in [5, 5.41) is 28.2. The molecule has 166 valence electrons. The van der Waals surface area contributed by atoms with Gasteiger partial charge in [0, 0.05) is 59.8 Å². The molecule has 2 heterocycles. The van der Waals surface area contributed by atoms with Crippen molar-refractivity contribution in [2.24, 2.45) is 0 Å². The molecule has 5 N–H and O–H groups in total. The highest BCUT2D eigenvalue weighted by atomic mass is 16.5. The van der Waals surface area contributed by atoms with Crippen molar-refractivity contribution in [3.05, 3.63) is 95.6 Å². The second kappa shape index (κ2) is 11.7. The molecule has 0 fully saturated rings. The number of rotatable bonds is 9. The van der Waals surface area contributed by atoms with E-state index < -0.39 is 0 Å². The Morgan fingerprint density at radius 2 is 1.97 bits per heavy atom. The maximum Gasteiger partial charge on any atom is 0.248 e. The largest absolute Gasteiger partial charge is 0.433 e. The Hall–Kier alpha value is -4.59. The van der Waals surface area contributed by atoms with E-state index in [0.717, 1.165) is 23.2 Å². The zero-order valence-corrected chi connectivity index (χ0v) is 17.8. The average Bonchev–Trinajstić information content (AvgIpc) is 2.84. The van der Waals surface area contributed by atoms with Crippen LogP contribution in [0.1, 0.15) is 23.1 Å². The van der Waals surface area contributed by atoms with Gasteiger partial charge in [-0.05, 0) is 54.0 Å². The summed E-state index contributed by atoms with van der Waals surface area (Å²) in [4.78, 5) is 16.6. The molecule has 1 amide bonds. The number of ether oxygens (including phenoxy) is 1. The lowest BCUT2D eigenvalue weighted by atomic mass is 9.99. The van der Waals surface area contributed by atoms with Crippen LogP contribution >= 0.6 is 0 Å². The van der Waals surface area contributed by atoms with Gasteiger partial charge in [-0.25, -0.2) is 0 Å². The molecule has 0 aliphatic carbocycles. The molecular weight excluding hydrogens is 416 g/mol. The molecule has 33 heavy (non-hydrogen) atoms. The van der Waals surface area contributed by atoms with Crippen LogP contribution in [0.3, 0.4) is 0 Å². The van der Waals surface area contributed by atoms with E-state index in [4.69, 9.17) is 21.0 Å². The third-order valence-electron chi connectivity index (χ3n) is 4.76. The summed E-state index contributed by atoms with van der Waals surface area (Å²) in [5.41, 5.74) is 4.62. The minimum atomic E-state index is -0.290. The Bertz CT molecular complexity index is 1160. The summed E-state index contributed by atoms with van der Waals surface area (Å²) in [7, 11) is 0. The molecule has 3 rings (SSSR count). The van der Waals surface area contributed by atoms with Crippen LogP contribution in [0.4, 0.5) is 5.69 Å². The fourth-order valence-electron chi connectivity index (χ4n) is 3.14. The smallest absolute Gasteiger partial charge is 0.248 e. The van der Waals surface area contributed by atoms with E-state index in [1.807, 2.05) is 36.4 Å². The number of amides is 1. The molecule has 1 aliphatic rings. The number of hydrogen-bond acceptors (Lipinski definition) is 7. The summed E-state index contributed by atoms with van der Waals surface area (Å²) in [6.07, 6.45) is 16.9. The van der Waals surface area contributed by atoms with E-state index in [1.54, 1.807) is 36.8 Å². The highest BCUT2D eigenvalue weighted by Crippen LogP contribution is 2.22. The van der Waals surface area contributed by atoms with Crippen molar-refractivity contribution in [1.29, 1.82) is 16.2 Å². The average molecular weight is 441 g/mol. The zero-order valence-electron chi connectivity index (χ0n) is 17.8. The van der Waals surface area contributed by atoms with Crippen molar-refractivity contribution >= 4 is 41.8 Å². The molecule has 0 atom stereocenters. The van der Waals surface area contributed by atoms with Gasteiger partial charge in [0.2, 0.25) is 5.91 Å². The van der Waals surface area contributed by atoms with Gasteiger partial charge >= 0.3 is 0 Å². The summed E-state index contributed by atoms with van der Waals surface area (Å²) < 4.78 is 4.70. The Morgan fingerprint density at radius 3 is 2.67 bits per heavy atom. The lowest BCUT2D eigenvalue weighted by Crippen LogP contribution is -2.10. The number of allylic oxidation sites excluding steroid dienone is 4. The molecule has 1 aromatic carbocycles. The lowest BCUT2D eigenvalue weighted by Gasteiger charge is -2.13. The third-order valence-corrected chi connectivity index (χ3v) is 4.76. The van der Waals surface area contributed by atoms with Crippen molar-refractivity contribution in [2.45, 2.75) is 12.8 Å². The molecule has 8 heteroatoms. The molecular formula is C25H24N6O2. The standard InChI is InChI=1S/C25H24N6O2/c26-15-22(23-3-1-2-13-30-23)21-12-14-29-16-19(21)7-11-25(32)31-20-8-4-18(5-9-20)6-10-24(28)33-17-27/h1-5,7-9,11-17,26-28,30H,6,10H2,(H,31,32)/b11-7+,23-22+,26-15?,27-17?,28-24?. The highest BCUT2D eigenvalue weighted by molar-refractivity contribution is 6.12. The fourth-order valence-corrected chi connectivity index (χ4v) is 3.14. The number of benzene rings is 1. The minimum absolute atomic E-state index is 0.0378. The molecule has 1 aliphatic heterocycles. The fraction of sp³-hybridized carbons (Fsp3) is 0.0800. The predicted octanol–water partition coefficient (Wildman–Crippen LogP) is 4.30. The van der Waals surface area contributed by atoms with E-state index in [1.165, 1.54) is 12.3 Å². The molecule has 2 aromatic rings. The van der Waals surface area contributed by atoms with Gasteiger partial charge in [0.25, 0.3) is 0 Å². The molecule has 0 unspecified atom stereocenters. The van der Waals surface area contributed by atoms with Crippen LogP contribution in [0.2, 0.25) is 0 Å². The summed E-state index contributed by atoms with van der Waals surface area (Å²) >= 11 is 0. The van der Waals surface area contributed by atoms with Gasteiger partial charge in [-0.2, -0.15) is 0 Å². The van der Waals surface area contributed by atoms with Crippen molar-refractivity contribution in [1.82, 2.24) is 10.3 Å². The minimum Gasteiger partial charge on any atom is -0.433 e. The van der Waals surface area contributed by atoms with Gasteiger partial charge in [0.05, 0.1) is 0 Å². The second-order valence-electron chi connectivity index (χ2n) is 6.98. The number of carbonyl (C=O) groups is 1. The number of nitrogens with zero attached hydrogens (tertiary/aromatic N) is 1. The third kappa shape index (κ3) is 6.70. The molecule has 0 saturated carbocycles. The van der Waals surface area contributed by atoms with E-state index in [0.29, 0.717) is 29.7 Å². The van der Waals surface area contributed by atoms with E-state index in [2.05, 4.69) is 15.6 Å². The number of aromatic nitrogens is 1. The Morgan fingerprint density at radius 1 is 1.15 bits per heavy atom. The molecule has 0 spiro atoms. The van der Waals surface area contributed by atoms with Crippen molar-refractivity contribution < 1.29 is 9.53 Å². The van der Waals surface area contributed by atoms with Crippen LogP contribution in [-0.2, 0) is 16.0 Å². The zero-order chi connectivity index (χ0) is 23.5. The first-order valence-electron chi connectivity index (χ1n) is 10.2. The van der Waals surface area contributed by atoms with Gasteiger partial charge in [0.15, 0.2) is 12.3 Å². The predicted molar refractivity (Wildman–Crippen MR) is 131 cm³/mol. The Kier molecular flexibility index (Phi) is 8.19. The van der Waals surface area contributed by atoms with E-state index in [9.17, 15) is 4.79 Å². The number of nitrogens with one attached hydrogen (secondary N) is 5. The first kappa shape index (κ1) is 23.1. The SMILES string of the molecule is N=COC(=N)CCc1ccc(NC(=O)/C=C/c2cnccc2/C(C=N)=C2\C=CC=CN2)cc1. The van der Waals surface area contributed by atoms with Gasteiger partial charge in [-0.1, -0.05) is 18.2 Å². The van der Waals surface area contributed by atoms with Crippen molar-refractivity contribution in [2.75, 3.05) is 5.32 Å². The van der Waals surface area contributed by atoms with E-state index >= 15 is 0 Å². The van der Waals surface area contributed by atoms with Gasteiger partial charge in [-0.3, -0.25) is 20.6 Å². The van der Waals surface area contributed by atoms with E-state index in [-0.39, 0.29) is 11.8 Å². The van der Waals surface area contributed by atoms with Crippen LogP contribution in [-0.4, -0.2) is 29.4 Å². The molecule has 0 bridgehead atoms. The van der Waals surface area contributed by atoms with Gasteiger partial charge in [-0.15, -0.1) is 0 Å². The highest BCUT2D eigenvalue weighted by Gasteiger charge is 2.10. The molecule has 0 saturated heterocycles.